The third-order valence-electron chi connectivity index (χ3n) is 4.87. The van der Waals surface area contributed by atoms with Crippen molar-refractivity contribution in [1.29, 1.82) is 0 Å². The summed E-state index contributed by atoms with van der Waals surface area (Å²) in [5, 5.41) is 13.4. The number of H-pyrrole nitrogens is 1. The van der Waals surface area contributed by atoms with E-state index in [2.05, 4.69) is 25.3 Å². The van der Waals surface area contributed by atoms with E-state index in [1.54, 1.807) is 23.4 Å². The van der Waals surface area contributed by atoms with Crippen LogP contribution in [0.2, 0.25) is 0 Å². The maximum Gasteiger partial charge on any atom is 0.172 e. The first-order chi connectivity index (χ1) is 13.8. The Kier molecular flexibility index (Phi) is 4.55. The third kappa shape index (κ3) is 3.17. The zero-order valence-electron chi connectivity index (χ0n) is 15.0. The lowest BCUT2D eigenvalue weighted by Crippen LogP contribution is -2.29. The lowest BCUT2D eigenvalue weighted by molar-refractivity contribution is 0.0983. The van der Waals surface area contributed by atoms with Crippen LogP contribution in [0.4, 0.5) is 0 Å². The number of nitrogens with one attached hydrogen (secondary N) is 1. The quantitative estimate of drug-likeness (QED) is 0.533. The maximum atomic E-state index is 12.9. The van der Waals surface area contributed by atoms with Crippen molar-refractivity contribution in [3.8, 4) is 17.1 Å². The molecule has 3 aromatic heterocycles. The Labute approximate surface area is 164 Å². The van der Waals surface area contributed by atoms with Gasteiger partial charge in [-0.1, -0.05) is 12.1 Å². The number of benzene rings is 1. The molecule has 8 nitrogen and oxygen atoms in total. The molecule has 1 aromatic carbocycles. The summed E-state index contributed by atoms with van der Waals surface area (Å²) in [6, 6.07) is 9.76. The Bertz CT molecular complexity index is 1090. The molecular weight excluding hydrogens is 376 g/mol. The Morgan fingerprint density at radius 2 is 2.07 bits per heavy atom. The van der Waals surface area contributed by atoms with Gasteiger partial charge in [-0.2, -0.15) is 5.10 Å². The summed E-state index contributed by atoms with van der Waals surface area (Å²) in [7, 11) is 0. The van der Waals surface area contributed by atoms with Gasteiger partial charge in [0, 0.05) is 29.9 Å². The van der Waals surface area contributed by atoms with Crippen LogP contribution in [0.25, 0.3) is 28.1 Å². The number of fused-ring (bicyclic) bond motifs is 1. The number of aromatic amines is 1. The third-order valence-corrected chi connectivity index (χ3v) is 6.63. The zero-order valence-corrected chi connectivity index (χ0v) is 15.8. The maximum absolute atomic E-state index is 12.9. The molecule has 142 valence electrons. The average molecular weight is 394 g/mol. The minimum absolute atomic E-state index is 0.127. The molecule has 0 aliphatic carbocycles. The molecule has 0 spiro atoms. The van der Waals surface area contributed by atoms with Crippen LogP contribution in [0.5, 0.6) is 0 Å². The number of ether oxygens (including phenoxy) is 1. The van der Waals surface area contributed by atoms with E-state index in [1.807, 2.05) is 30.3 Å². The van der Waals surface area contributed by atoms with Gasteiger partial charge in [-0.3, -0.25) is 0 Å². The fourth-order valence-electron chi connectivity index (χ4n) is 3.41. The van der Waals surface area contributed by atoms with E-state index >= 15 is 0 Å². The monoisotopic (exact) mass is 394 g/mol. The van der Waals surface area contributed by atoms with Crippen LogP contribution >= 0.6 is 0 Å². The van der Waals surface area contributed by atoms with Crippen molar-refractivity contribution < 1.29 is 9.29 Å². The van der Waals surface area contributed by atoms with Crippen molar-refractivity contribution >= 4 is 22.2 Å². The van der Waals surface area contributed by atoms with Gasteiger partial charge < -0.3 is 14.3 Å². The molecule has 4 aromatic rings. The predicted octanol–water partition coefficient (Wildman–Crippen LogP) is 2.49. The van der Waals surface area contributed by atoms with E-state index in [0.717, 1.165) is 40.0 Å². The first-order valence-corrected chi connectivity index (χ1v) is 10.3. The van der Waals surface area contributed by atoms with E-state index in [4.69, 9.17) is 4.74 Å². The summed E-state index contributed by atoms with van der Waals surface area (Å²) < 4.78 is 20.0. The Balaban J connectivity index is 1.48. The molecule has 1 atom stereocenters. The average Bonchev–Trinajstić information content (AvgIpc) is 3.43. The van der Waals surface area contributed by atoms with E-state index in [1.165, 1.54) is 0 Å². The number of pyridine rings is 1. The largest absolute Gasteiger partial charge is 0.611 e. The molecule has 5 rings (SSSR count). The van der Waals surface area contributed by atoms with Crippen LogP contribution in [0, 0.1) is 0 Å². The van der Waals surface area contributed by atoms with E-state index in [0.29, 0.717) is 19.0 Å². The molecule has 0 amide bonds. The number of hydrogen-bond acceptors (Lipinski definition) is 6. The molecule has 28 heavy (non-hydrogen) atoms. The van der Waals surface area contributed by atoms with E-state index in [9.17, 15) is 4.55 Å². The Morgan fingerprint density at radius 3 is 2.89 bits per heavy atom. The Morgan fingerprint density at radius 1 is 1.18 bits per heavy atom. The first-order valence-electron chi connectivity index (χ1n) is 9.08. The van der Waals surface area contributed by atoms with Crippen molar-refractivity contribution in [3.05, 3.63) is 49.1 Å². The van der Waals surface area contributed by atoms with Gasteiger partial charge in [0.1, 0.15) is 11.6 Å². The lowest BCUT2D eigenvalue weighted by atomic mass is 10.2. The first kappa shape index (κ1) is 17.4. The van der Waals surface area contributed by atoms with Gasteiger partial charge >= 0.3 is 0 Å². The van der Waals surface area contributed by atoms with E-state index in [-0.39, 0.29) is 5.25 Å². The van der Waals surface area contributed by atoms with Gasteiger partial charge in [-0.25, -0.2) is 9.67 Å². The van der Waals surface area contributed by atoms with Gasteiger partial charge in [-0.05, 0) is 23.3 Å². The minimum Gasteiger partial charge on any atom is -0.611 e. The number of aromatic nitrogens is 6. The number of hydrogen-bond donors (Lipinski definition) is 1. The molecule has 1 fully saturated rings. The van der Waals surface area contributed by atoms with Gasteiger partial charge in [0.25, 0.3) is 0 Å². The highest BCUT2D eigenvalue weighted by Crippen LogP contribution is 2.27. The van der Waals surface area contributed by atoms with Gasteiger partial charge in [0.2, 0.25) is 0 Å². The molecule has 9 heteroatoms. The topological polar surface area (TPSA) is 105 Å². The molecule has 1 saturated heterocycles. The zero-order chi connectivity index (χ0) is 18.9. The Hall–Kier alpha value is -2.75. The van der Waals surface area contributed by atoms with Crippen molar-refractivity contribution in [2.45, 2.75) is 23.0 Å². The van der Waals surface area contributed by atoms with Gasteiger partial charge in [-0.15, -0.1) is 10.2 Å². The molecule has 0 bridgehead atoms. The highest BCUT2D eigenvalue weighted by molar-refractivity contribution is 7.92. The summed E-state index contributed by atoms with van der Waals surface area (Å²) in [6.45, 7) is 1.34. The number of nitrogens with zero attached hydrogens (tertiary/aromatic N) is 5. The van der Waals surface area contributed by atoms with Crippen LogP contribution in [0.3, 0.4) is 0 Å². The second-order valence-electron chi connectivity index (χ2n) is 6.64. The van der Waals surface area contributed by atoms with Crippen molar-refractivity contribution in [2.75, 3.05) is 13.2 Å². The van der Waals surface area contributed by atoms with Crippen molar-refractivity contribution in [2.24, 2.45) is 0 Å². The van der Waals surface area contributed by atoms with E-state index < -0.39 is 11.2 Å². The molecule has 1 aliphatic rings. The molecule has 1 unspecified atom stereocenters. The molecule has 0 radical (unpaired) electrons. The lowest BCUT2D eigenvalue weighted by Gasteiger charge is -2.24. The molecule has 0 saturated carbocycles. The summed E-state index contributed by atoms with van der Waals surface area (Å²) in [6.07, 6.45) is 6.64. The summed E-state index contributed by atoms with van der Waals surface area (Å²) >= 11 is -1.08. The van der Waals surface area contributed by atoms with Crippen molar-refractivity contribution in [3.63, 3.8) is 0 Å². The second kappa shape index (κ2) is 7.34. The number of rotatable bonds is 4. The van der Waals surface area contributed by atoms with Crippen LogP contribution in [-0.4, -0.2) is 53.0 Å². The summed E-state index contributed by atoms with van der Waals surface area (Å²) in [5.74, 6) is 0.695. The molecular formula is C19H18N6O2S. The minimum atomic E-state index is -1.08. The molecule has 1 aliphatic heterocycles. The highest BCUT2D eigenvalue weighted by atomic mass is 32.2. The van der Waals surface area contributed by atoms with Crippen LogP contribution < -0.4 is 0 Å². The normalized spacial score (nSPS) is 16.5. The van der Waals surface area contributed by atoms with Gasteiger partial charge in [0.15, 0.2) is 16.4 Å². The molecule has 1 N–H and O–H groups in total. The smallest absolute Gasteiger partial charge is 0.172 e. The molecule has 4 heterocycles. The summed E-state index contributed by atoms with van der Waals surface area (Å²) in [4.78, 5) is 8.31. The SMILES string of the molecule is [O-][S+](c1cnc2c(cnn2-c2cccc(-c3nnc[nH]3)c2)c1)C1CCOCC1. The standard InChI is InChI=1S/C19H18N6O2S/c26-28(16-4-6-27-7-5-16)17-9-14-10-23-25(19(14)20-11-17)15-3-1-2-13(8-15)18-21-12-22-24-18/h1-3,8-12,16H,4-7H2,(H,21,22,24). The predicted molar refractivity (Wildman–Crippen MR) is 104 cm³/mol. The fraction of sp³-hybridized carbons (Fsp3) is 0.263. The van der Waals surface area contributed by atoms with Gasteiger partial charge in [0.05, 0.1) is 31.3 Å². The second-order valence-corrected chi connectivity index (χ2v) is 8.37. The fourth-order valence-corrected chi connectivity index (χ4v) is 4.82. The highest BCUT2D eigenvalue weighted by Gasteiger charge is 2.28. The summed E-state index contributed by atoms with van der Waals surface area (Å²) in [5.41, 5.74) is 2.51. The van der Waals surface area contributed by atoms with Crippen LogP contribution in [0.15, 0.2) is 53.9 Å². The van der Waals surface area contributed by atoms with Crippen LogP contribution in [-0.2, 0) is 15.9 Å². The van der Waals surface area contributed by atoms with Crippen LogP contribution in [0.1, 0.15) is 12.8 Å². The van der Waals surface area contributed by atoms with Crippen molar-refractivity contribution in [1.82, 2.24) is 29.9 Å².